The second-order valence-corrected chi connectivity index (χ2v) is 8.59. The zero-order valence-electron chi connectivity index (χ0n) is 20.0. The first-order valence-corrected chi connectivity index (χ1v) is 11.4. The second kappa shape index (κ2) is 8.47. The van der Waals surface area contributed by atoms with Crippen LogP contribution in [0.3, 0.4) is 0 Å². The largest absolute Gasteiger partial charge is 0.454 e. The Balaban J connectivity index is 1.57. The van der Waals surface area contributed by atoms with E-state index in [1.165, 1.54) is 5.56 Å². The molecule has 8 heteroatoms. The fraction of sp³-hybridized carbons (Fsp3) is 0.222. The van der Waals surface area contributed by atoms with Gasteiger partial charge in [0, 0.05) is 17.5 Å². The summed E-state index contributed by atoms with van der Waals surface area (Å²) in [6.45, 7) is 8.20. The van der Waals surface area contributed by atoms with Crippen molar-refractivity contribution in [1.29, 1.82) is 0 Å². The standard InChI is InChI=1S/C27H25N3O5/c1-5-18-8-6-7-15(2)24(18)29-16(3)11-19(17(29)4)12-21-25(31)28-27(33)30(26(21)32)20-9-10-22-23(13-20)35-14-34-22/h6-13H,5,14H2,1-4H3,(H,28,31,33)/b21-12+. The third-order valence-corrected chi connectivity index (χ3v) is 6.41. The van der Waals surface area contributed by atoms with E-state index in [1.54, 1.807) is 24.3 Å². The summed E-state index contributed by atoms with van der Waals surface area (Å²) in [5.41, 5.74) is 6.21. The van der Waals surface area contributed by atoms with Gasteiger partial charge in [-0.15, -0.1) is 0 Å². The highest BCUT2D eigenvalue weighted by Gasteiger charge is 2.37. The van der Waals surface area contributed by atoms with Gasteiger partial charge < -0.3 is 14.0 Å². The zero-order valence-corrected chi connectivity index (χ0v) is 20.0. The minimum atomic E-state index is -0.811. The number of nitrogens with one attached hydrogen (secondary N) is 1. The van der Waals surface area contributed by atoms with Crippen LogP contribution in [0.5, 0.6) is 11.5 Å². The van der Waals surface area contributed by atoms with E-state index < -0.39 is 17.8 Å². The molecule has 0 unspecified atom stereocenters. The normalized spacial score (nSPS) is 16.3. The Kier molecular flexibility index (Phi) is 5.43. The molecule has 1 fully saturated rings. The Hall–Kier alpha value is -4.33. The van der Waals surface area contributed by atoms with Gasteiger partial charge in [0.1, 0.15) is 5.57 Å². The molecular formula is C27H25N3O5. The molecule has 0 bridgehead atoms. The van der Waals surface area contributed by atoms with E-state index in [9.17, 15) is 14.4 Å². The fourth-order valence-corrected chi connectivity index (χ4v) is 4.67. The molecule has 5 rings (SSSR count). The number of amides is 4. The van der Waals surface area contributed by atoms with Gasteiger partial charge in [-0.05, 0) is 68.2 Å². The van der Waals surface area contributed by atoms with Gasteiger partial charge in [0.05, 0.1) is 11.4 Å². The number of benzene rings is 2. The monoisotopic (exact) mass is 471 g/mol. The molecule has 1 saturated heterocycles. The molecular weight excluding hydrogens is 446 g/mol. The lowest BCUT2D eigenvalue weighted by molar-refractivity contribution is -0.122. The first kappa shape index (κ1) is 22.5. The number of nitrogens with zero attached hydrogens (tertiary/aromatic N) is 2. The summed E-state index contributed by atoms with van der Waals surface area (Å²) < 4.78 is 12.8. The summed E-state index contributed by atoms with van der Waals surface area (Å²) in [5, 5.41) is 2.28. The third kappa shape index (κ3) is 3.67. The Labute approximate surface area is 202 Å². The van der Waals surface area contributed by atoms with Gasteiger partial charge in [-0.1, -0.05) is 25.1 Å². The molecule has 35 heavy (non-hydrogen) atoms. The van der Waals surface area contributed by atoms with Crippen LogP contribution in [0.25, 0.3) is 11.8 Å². The van der Waals surface area contributed by atoms with Crippen molar-refractivity contribution in [3.63, 3.8) is 0 Å². The molecule has 0 aliphatic carbocycles. The number of anilines is 1. The van der Waals surface area contributed by atoms with Gasteiger partial charge in [0.2, 0.25) is 6.79 Å². The summed E-state index contributed by atoms with van der Waals surface area (Å²) in [6.07, 6.45) is 2.42. The van der Waals surface area contributed by atoms with Gasteiger partial charge >= 0.3 is 6.03 Å². The molecule has 178 valence electrons. The van der Waals surface area contributed by atoms with Crippen LogP contribution in [0.2, 0.25) is 0 Å². The highest BCUT2D eigenvalue weighted by atomic mass is 16.7. The SMILES string of the molecule is CCc1cccc(C)c1-n1c(C)cc(/C=C2\C(=O)NC(=O)N(c3ccc4c(c3)OCO4)C2=O)c1C. The van der Waals surface area contributed by atoms with Gasteiger partial charge in [0.15, 0.2) is 11.5 Å². The van der Waals surface area contributed by atoms with Crippen LogP contribution in [0.15, 0.2) is 48.0 Å². The number of para-hydroxylation sites is 1. The van der Waals surface area contributed by atoms with Crippen LogP contribution in [0.4, 0.5) is 10.5 Å². The maximum Gasteiger partial charge on any atom is 0.335 e. The minimum absolute atomic E-state index is 0.0683. The van der Waals surface area contributed by atoms with Crippen molar-refractivity contribution in [2.45, 2.75) is 34.1 Å². The molecule has 2 aromatic carbocycles. The lowest BCUT2D eigenvalue weighted by atomic mass is 10.0. The maximum absolute atomic E-state index is 13.4. The van der Waals surface area contributed by atoms with Crippen molar-refractivity contribution in [1.82, 2.24) is 9.88 Å². The third-order valence-electron chi connectivity index (χ3n) is 6.41. The molecule has 1 N–H and O–H groups in total. The lowest BCUT2D eigenvalue weighted by Crippen LogP contribution is -2.54. The smallest absolute Gasteiger partial charge is 0.335 e. The van der Waals surface area contributed by atoms with Crippen molar-refractivity contribution in [2.75, 3.05) is 11.7 Å². The van der Waals surface area contributed by atoms with E-state index in [0.717, 1.165) is 39.5 Å². The number of rotatable bonds is 4. The molecule has 0 radical (unpaired) electrons. The highest BCUT2D eigenvalue weighted by molar-refractivity contribution is 6.39. The average Bonchev–Trinajstić information content (AvgIpc) is 3.40. The predicted molar refractivity (Wildman–Crippen MR) is 131 cm³/mol. The highest BCUT2D eigenvalue weighted by Crippen LogP contribution is 2.36. The van der Waals surface area contributed by atoms with Gasteiger partial charge in [-0.3, -0.25) is 14.9 Å². The summed E-state index contributed by atoms with van der Waals surface area (Å²) in [6, 6.07) is 12.1. The number of fused-ring (bicyclic) bond motifs is 1. The van der Waals surface area contributed by atoms with E-state index in [0.29, 0.717) is 11.5 Å². The zero-order chi connectivity index (χ0) is 24.9. The first-order valence-electron chi connectivity index (χ1n) is 11.4. The van der Waals surface area contributed by atoms with Crippen molar-refractivity contribution in [2.24, 2.45) is 0 Å². The predicted octanol–water partition coefficient (Wildman–Crippen LogP) is 4.36. The summed E-state index contributed by atoms with van der Waals surface area (Å²) in [4.78, 5) is 39.6. The van der Waals surface area contributed by atoms with Crippen LogP contribution in [0.1, 0.15) is 35.0 Å². The number of hydrogen-bond donors (Lipinski definition) is 1. The van der Waals surface area contributed by atoms with Crippen molar-refractivity contribution >= 4 is 29.6 Å². The topological polar surface area (TPSA) is 89.9 Å². The molecule has 8 nitrogen and oxygen atoms in total. The van der Waals surface area contributed by atoms with Crippen LogP contribution in [-0.4, -0.2) is 29.2 Å². The summed E-state index contributed by atoms with van der Waals surface area (Å²) in [5.74, 6) is -0.473. The fourth-order valence-electron chi connectivity index (χ4n) is 4.67. The molecule has 0 saturated carbocycles. The molecule has 2 aliphatic heterocycles. The molecule has 1 aromatic heterocycles. The number of hydrogen-bond acceptors (Lipinski definition) is 5. The van der Waals surface area contributed by atoms with E-state index in [2.05, 4.69) is 35.9 Å². The van der Waals surface area contributed by atoms with Crippen LogP contribution in [0, 0.1) is 20.8 Å². The number of carbonyl (C=O) groups excluding carboxylic acids is 3. The number of urea groups is 1. The number of aryl methyl sites for hydroxylation is 3. The Morgan fingerprint density at radius 2 is 1.77 bits per heavy atom. The molecule has 3 heterocycles. The van der Waals surface area contributed by atoms with Crippen molar-refractivity contribution < 1.29 is 23.9 Å². The van der Waals surface area contributed by atoms with Crippen LogP contribution in [-0.2, 0) is 16.0 Å². The van der Waals surface area contributed by atoms with Gasteiger partial charge in [-0.25, -0.2) is 9.69 Å². The second-order valence-electron chi connectivity index (χ2n) is 8.59. The van der Waals surface area contributed by atoms with Gasteiger partial charge in [-0.2, -0.15) is 0 Å². The molecule has 3 aromatic rings. The number of imide groups is 2. The Bertz CT molecular complexity index is 1430. The van der Waals surface area contributed by atoms with Crippen LogP contribution < -0.4 is 19.7 Å². The first-order chi connectivity index (χ1) is 16.8. The van der Waals surface area contributed by atoms with Gasteiger partial charge in [0.25, 0.3) is 11.8 Å². The lowest BCUT2D eigenvalue weighted by Gasteiger charge is -2.26. The molecule has 0 atom stereocenters. The Morgan fingerprint density at radius 3 is 2.54 bits per heavy atom. The van der Waals surface area contributed by atoms with E-state index in [4.69, 9.17) is 9.47 Å². The number of ether oxygens (including phenoxy) is 2. The summed E-state index contributed by atoms with van der Waals surface area (Å²) >= 11 is 0. The van der Waals surface area contributed by atoms with E-state index >= 15 is 0 Å². The maximum atomic E-state index is 13.4. The Morgan fingerprint density at radius 1 is 1.00 bits per heavy atom. The van der Waals surface area contributed by atoms with E-state index in [1.807, 2.05) is 26.0 Å². The van der Waals surface area contributed by atoms with E-state index in [-0.39, 0.29) is 18.1 Å². The number of carbonyl (C=O) groups is 3. The van der Waals surface area contributed by atoms with Crippen molar-refractivity contribution in [3.8, 4) is 17.2 Å². The molecule has 0 spiro atoms. The molecule has 4 amide bonds. The molecule has 2 aliphatic rings. The summed E-state index contributed by atoms with van der Waals surface area (Å²) in [7, 11) is 0. The number of aromatic nitrogens is 1. The number of barbiturate groups is 1. The van der Waals surface area contributed by atoms with Crippen LogP contribution >= 0.6 is 0 Å². The van der Waals surface area contributed by atoms with Crippen molar-refractivity contribution in [3.05, 3.63) is 76.1 Å². The minimum Gasteiger partial charge on any atom is -0.454 e. The quantitative estimate of drug-likeness (QED) is 0.451. The average molecular weight is 472 g/mol.